The van der Waals surface area contributed by atoms with Crippen LogP contribution in [0, 0.1) is 0 Å². The van der Waals surface area contributed by atoms with Crippen LogP contribution < -0.4 is 5.32 Å². The lowest BCUT2D eigenvalue weighted by Gasteiger charge is -2.15. The fourth-order valence-corrected chi connectivity index (χ4v) is 1.91. The molecule has 0 saturated heterocycles. The summed E-state index contributed by atoms with van der Waals surface area (Å²) in [6, 6.07) is 17.4. The van der Waals surface area contributed by atoms with E-state index in [-0.39, 0.29) is 0 Å². The van der Waals surface area contributed by atoms with Gasteiger partial charge >= 0.3 is 5.97 Å². The normalized spacial score (nSPS) is 11.6. The third kappa shape index (κ3) is 3.48. The van der Waals surface area contributed by atoms with Crippen LogP contribution in [0.1, 0.15) is 18.9 Å². The Hall–Kier alpha value is -2.55. The van der Waals surface area contributed by atoms with E-state index < -0.39 is 5.97 Å². The average Bonchev–Trinajstić information content (AvgIpc) is 2.46. The molecule has 2 aromatic rings. The summed E-state index contributed by atoms with van der Waals surface area (Å²) in [5.74, 6) is -0.868. The molecule has 2 aromatic carbocycles. The van der Waals surface area contributed by atoms with Gasteiger partial charge in [0.05, 0.1) is 5.57 Å². The molecule has 0 aliphatic carbocycles. The second kappa shape index (κ2) is 6.57. The smallest absolute Gasteiger partial charge is 0.335 e. The van der Waals surface area contributed by atoms with Crippen LogP contribution in [0.2, 0.25) is 0 Å². The Balaban J connectivity index is 0.000000173. The van der Waals surface area contributed by atoms with Crippen LogP contribution in [0.5, 0.6) is 0 Å². The van der Waals surface area contributed by atoms with Crippen molar-refractivity contribution in [3.63, 3.8) is 0 Å². The molecule has 0 radical (unpaired) electrons. The van der Waals surface area contributed by atoms with Gasteiger partial charge in [0.15, 0.2) is 0 Å². The van der Waals surface area contributed by atoms with Gasteiger partial charge in [-0.1, -0.05) is 49.4 Å². The Labute approximate surface area is 118 Å². The van der Waals surface area contributed by atoms with Gasteiger partial charge in [-0.15, -0.1) is 0 Å². The number of carboxylic acid groups (broad SMARTS) is 1. The van der Waals surface area contributed by atoms with E-state index in [0.29, 0.717) is 5.57 Å². The van der Waals surface area contributed by atoms with Crippen molar-refractivity contribution in [2.75, 3.05) is 5.32 Å². The molecule has 2 bridgehead atoms. The van der Waals surface area contributed by atoms with E-state index >= 15 is 0 Å². The van der Waals surface area contributed by atoms with Crippen molar-refractivity contribution >= 4 is 22.9 Å². The van der Waals surface area contributed by atoms with Gasteiger partial charge in [-0.3, -0.25) is 0 Å². The fraction of sp³-hybridized carbons (Fsp3) is 0.118. The van der Waals surface area contributed by atoms with Gasteiger partial charge in [-0.2, -0.15) is 0 Å². The van der Waals surface area contributed by atoms with Crippen LogP contribution in [0.25, 0.3) is 5.57 Å². The van der Waals surface area contributed by atoms with Gasteiger partial charge in [-0.25, -0.2) is 4.79 Å². The highest BCUT2D eigenvalue weighted by molar-refractivity contribution is 6.15. The molecule has 0 saturated carbocycles. The van der Waals surface area contributed by atoms with Crippen LogP contribution in [-0.2, 0) is 4.79 Å². The van der Waals surface area contributed by atoms with Crippen molar-refractivity contribution < 1.29 is 9.90 Å². The summed E-state index contributed by atoms with van der Waals surface area (Å²) in [5, 5.41) is 12.0. The fourth-order valence-electron chi connectivity index (χ4n) is 1.91. The number of aliphatic carboxylic acids is 1. The Morgan fingerprint density at radius 1 is 1.10 bits per heavy atom. The topological polar surface area (TPSA) is 49.3 Å². The summed E-state index contributed by atoms with van der Waals surface area (Å²) in [6.45, 7) is 1.92. The zero-order chi connectivity index (χ0) is 14.4. The highest BCUT2D eigenvalue weighted by atomic mass is 16.4. The molecule has 0 unspecified atom stereocenters. The molecule has 2 aliphatic heterocycles. The molecule has 0 spiro atoms. The van der Waals surface area contributed by atoms with Gasteiger partial charge in [0.25, 0.3) is 0 Å². The lowest BCUT2D eigenvalue weighted by atomic mass is 10.1. The van der Waals surface area contributed by atoms with Crippen LogP contribution in [0.3, 0.4) is 0 Å². The van der Waals surface area contributed by atoms with Gasteiger partial charge < -0.3 is 10.4 Å². The van der Waals surface area contributed by atoms with Crippen molar-refractivity contribution in [2.45, 2.75) is 13.3 Å². The number of allylic oxidation sites excluding steroid dienone is 1. The SMILES string of the molecule is CC/C=C(\C(=O)O)c1ccccc1.c1cc2cc(c1)N2. The van der Waals surface area contributed by atoms with Crippen LogP contribution in [0.15, 0.2) is 60.7 Å². The van der Waals surface area contributed by atoms with Crippen molar-refractivity contribution in [1.82, 2.24) is 0 Å². The van der Waals surface area contributed by atoms with E-state index in [2.05, 4.69) is 11.4 Å². The number of hydrogen-bond donors (Lipinski definition) is 2. The largest absolute Gasteiger partial charge is 0.478 e. The molecule has 3 heteroatoms. The first-order valence-corrected chi connectivity index (χ1v) is 6.56. The molecule has 2 heterocycles. The molecule has 2 aliphatic rings. The predicted molar refractivity (Wildman–Crippen MR) is 82.1 cm³/mol. The Bertz CT molecular complexity index is 593. The molecule has 0 atom stereocenters. The van der Waals surface area contributed by atoms with E-state index in [1.54, 1.807) is 18.2 Å². The molecule has 3 nitrogen and oxygen atoms in total. The number of fused-ring (bicyclic) bond motifs is 2. The van der Waals surface area contributed by atoms with Crippen LogP contribution in [0.4, 0.5) is 11.4 Å². The zero-order valence-corrected chi connectivity index (χ0v) is 11.3. The number of carbonyl (C=O) groups is 1. The Morgan fingerprint density at radius 3 is 2.05 bits per heavy atom. The molecular weight excluding hydrogens is 250 g/mol. The molecular formula is C17H17NO2. The molecule has 0 amide bonds. The number of benzene rings is 2. The first kappa shape index (κ1) is 13.9. The highest BCUT2D eigenvalue weighted by Crippen LogP contribution is 2.27. The first-order valence-electron chi connectivity index (χ1n) is 6.56. The minimum absolute atomic E-state index is 0.378. The standard InChI is InChI=1S/C11H12O2.C6H5N/c1-2-6-10(11(12)13)9-7-4-3-5-8-9;1-2-5-4-6(3-1)7-5/h3-8H,2H2,1H3,(H,12,13);1-4,7H/b10-6-;. The third-order valence-corrected chi connectivity index (χ3v) is 2.87. The summed E-state index contributed by atoms with van der Waals surface area (Å²) >= 11 is 0. The van der Waals surface area contributed by atoms with E-state index in [9.17, 15) is 4.79 Å². The number of carboxylic acids is 1. The van der Waals surface area contributed by atoms with Crippen molar-refractivity contribution in [3.05, 3.63) is 66.2 Å². The average molecular weight is 267 g/mol. The van der Waals surface area contributed by atoms with E-state index in [4.69, 9.17) is 5.11 Å². The van der Waals surface area contributed by atoms with Crippen LogP contribution in [-0.4, -0.2) is 11.1 Å². The minimum atomic E-state index is -0.868. The van der Waals surface area contributed by atoms with Gasteiger partial charge in [-0.05, 0) is 30.2 Å². The van der Waals surface area contributed by atoms with Crippen LogP contribution >= 0.6 is 0 Å². The maximum Gasteiger partial charge on any atom is 0.335 e. The van der Waals surface area contributed by atoms with E-state index in [0.717, 1.165) is 12.0 Å². The first-order chi connectivity index (χ1) is 9.70. The van der Waals surface area contributed by atoms with Crippen molar-refractivity contribution in [3.8, 4) is 0 Å². The number of hydrogen-bond acceptors (Lipinski definition) is 2. The number of anilines is 2. The third-order valence-electron chi connectivity index (χ3n) is 2.87. The van der Waals surface area contributed by atoms with E-state index in [1.807, 2.05) is 43.3 Å². The molecule has 20 heavy (non-hydrogen) atoms. The molecule has 4 rings (SSSR count). The molecule has 0 fully saturated rings. The van der Waals surface area contributed by atoms with Gasteiger partial charge in [0.1, 0.15) is 0 Å². The second-order valence-corrected chi connectivity index (χ2v) is 4.40. The number of rotatable bonds is 3. The summed E-state index contributed by atoms with van der Waals surface area (Å²) in [6.07, 6.45) is 2.45. The summed E-state index contributed by atoms with van der Waals surface area (Å²) in [4.78, 5) is 10.8. The minimum Gasteiger partial charge on any atom is -0.478 e. The zero-order valence-electron chi connectivity index (χ0n) is 11.3. The maximum atomic E-state index is 10.8. The molecule has 0 aromatic heterocycles. The summed E-state index contributed by atoms with van der Waals surface area (Å²) in [7, 11) is 0. The van der Waals surface area contributed by atoms with Gasteiger partial charge in [0, 0.05) is 11.4 Å². The summed E-state index contributed by atoms with van der Waals surface area (Å²) < 4.78 is 0. The Morgan fingerprint density at radius 2 is 1.70 bits per heavy atom. The van der Waals surface area contributed by atoms with Crippen molar-refractivity contribution in [2.24, 2.45) is 0 Å². The number of nitrogens with one attached hydrogen (secondary N) is 1. The predicted octanol–water partition coefficient (Wildman–Crippen LogP) is 4.31. The van der Waals surface area contributed by atoms with E-state index in [1.165, 1.54) is 11.4 Å². The lowest BCUT2D eigenvalue weighted by molar-refractivity contribution is -0.130. The van der Waals surface area contributed by atoms with Gasteiger partial charge in [0.2, 0.25) is 0 Å². The maximum absolute atomic E-state index is 10.8. The lowest BCUT2D eigenvalue weighted by Crippen LogP contribution is -1.99. The Kier molecular flexibility index (Phi) is 4.56. The quantitative estimate of drug-likeness (QED) is 0.695. The molecule has 2 N–H and O–H groups in total. The molecule has 102 valence electrons. The highest BCUT2D eigenvalue weighted by Gasteiger charge is 2.07. The summed E-state index contributed by atoms with van der Waals surface area (Å²) in [5.41, 5.74) is 3.61. The monoisotopic (exact) mass is 267 g/mol. The van der Waals surface area contributed by atoms with Crippen molar-refractivity contribution in [1.29, 1.82) is 0 Å². The second-order valence-electron chi connectivity index (χ2n) is 4.40.